The standard InChI is InChI=1S/C19H20N2O2/c22-17-6-7-18-15(11-17)10-16-13-20(8-9-21(16)19(18)23)12-14-4-2-1-3-5-14/h1-7,11,16,22H,8-10,12-13H2. The van der Waals surface area contributed by atoms with Crippen LogP contribution in [0.25, 0.3) is 0 Å². The van der Waals surface area contributed by atoms with Gasteiger partial charge in [0.2, 0.25) is 0 Å². The molecule has 1 N–H and O–H groups in total. The van der Waals surface area contributed by atoms with Crippen LogP contribution in [0.4, 0.5) is 0 Å². The molecule has 2 aromatic carbocycles. The minimum atomic E-state index is 0.107. The van der Waals surface area contributed by atoms with E-state index in [0.29, 0.717) is 0 Å². The maximum atomic E-state index is 12.7. The number of piperazine rings is 1. The minimum Gasteiger partial charge on any atom is -0.508 e. The van der Waals surface area contributed by atoms with Crippen LogP contribution in [-0.2, 0) is 13.0 Å². The fraction of sp³-hybridized carbons (Fsp3) is 0.316. The molecule has 2 aromatic rings. The average Bonchev–Trinajstić information content (AvgIpc) is 2.55. The van der Waals surface area contributed by atoms with Crippen LogP contribution in [0.2, 0.25) is 0 Å². The monoisotopic (exact) mass is 308 g/mol. The van der Waals surface area contributed by atoms with E-state index in [-0.39, 0.29) is 17.7 Å². The predicted octanol–water partition coefficient (Wildman–Crippen LogP) is 2.27. The number of benzene rings is 2. The molecule has 0 aliphatic carbocycles. The van der Waals surface area contributed by atoms with E-state index < -0.39 is 0 Å². The van der Waals surface area contributed by atoms with Gasteiger partial charge in [-0.25, -0.2) is 0 Å². The Morgan fingerprint density at radius 3 is 2.74 bits per heavy atom. The SMILES string of the molecule is O=C1c2ccc(O)cc2CC2CN(Cc3ccccc3)CCN12. The lowest BCUT2D eigenvalue weighted by atomic mass is 9.91. The van der Waals surface area contributed by atoms with Gasteiger partial charge in [0.05, 0.1) is 0 Å². The van der Waals surface area contributed by atoms with Crippen molar-refractivity contribution in [2.75, 3.05) is 19.6 Å². The van der Waals surface area contributed by atoms with Crippen molar-refractivity contribution in [3.8, 4) is 5.75 Å². The molecule has 2 aliphatic rings. The Bertz CT molecular complexity index is 729. The molecule has 4 heteroatoms. The number of hydrogen-bond acceptors (Lipinski definition) is 3. The number of carbonyl (C=O) groups excluding carboxylic acids is 1. The normalized spacial score (nSPS) is 21.0. The summed E-state index contributed by atoms with van der Waals surface area (Å²) in [6, 6.07) is 15.7. The van der Waals surface area contributed by atoms with Gasteiger partial charge in [0.1, 0.15) is 5.75 Å². The first kappa shape index (κ1) is 14.3. The maximum Gasteiger partial charge on any atom is 0.254 e. The quantitative estimate of drug-likeness (QED) is 0.925. The van der Waals surface area contributed by atoms with Crippen LogP contribution in [0.1, 0.15) is 21.5 Å². The van der Waals surface area contributed by atoms with Crippen molar-refractivity contribution in [2.45, 2.75) is 19.0 Å². The summed E-state index contributed by atoms with van der Waals surface area (Å²) in [5.74, 6) is 0.345. The number of fused-ring (bicyclic) bond motifs is 2. The molecular formula is C19H20N2O2. The highest BCUT2D eigenvalue weighted by atomic mass is 16.3. The van der Waals surface area contributed by atoms with Gasteiger partial charge in [-0.3, -0.25) is 9.69 Å². The molecule has 0 radical (unpaired) electrons. The summed E-state index contributed by atoms with van der Waals surface area (Å²) in [4.78, 5) is 17.1. The van der Waals surface area contributed by atoms with Crippen LogP contribution in [0.5, 0.6) is 5.75 Å². The van der Waals surface area contributed by atoms with Crippen LogP contribution in [-0.4, -0.2) is 46.5 Å². The summed E-state index contributed by atoms with van der Waals surface area (Å²) in [7, 11) is 0. The fourth-order valence-corrected chi connectivity index (χ4v) is 3.71. The van der Waals surface area contributed by atoms with Crippen molar-refractivity contribution in [3.63, 3.8) is 0 Å². The van der Waals surface area contributed by atoms with Gasteiger partial charge in [-0.2, -0.15) is 0 Å². The van der Waals surface area contributed by atoms with Gasteiger partial charge in [0, 0.05) is 37.8 Å². The van der Waals surface area contributed by atoms with Crippen molar-refractivity contribution >= 4 is 5.91 Å². The molecule has 4 rings (SSSR count). The zero-order valence-corrected chi connectivity index (χ0v) is 13.0. The number of nitrogens with zero attached hydrogens (tertiary/aromatic N) is 2. The number of carbonyl (C=O) groups is 1. The van der Waals surface area contributed by atoms with E-state index in [9.17, 15) is 9.90 Å². The summed E-state index contributed by atoms with van der Waals surface area (Å²) in [6.07, 6.45) is 0.820. The Morgan fingerprint density at radius 1 is 1.09 bits per heavy atom. The van der Waals surface area contributed by atoms with Gasteiger partial charge in [0.15, 0.2) is 0 Å². The molecule has 1 saturated heterocycles. The molecule has 0 saturated carbocycles. The van der Waals surface area contributed by atoms with E-state index >= 15 is 0 Å². The molecule has 2 aliphatic heterocycles. The Kier molecular flexibility index (Phi) is 3.54. The first-order valence-corrected chi connectivity index (χ1v) is 8.10. The fourth-order valence-electron chi connectivity index (χ4n) is 3.71. The van der Waals surface area contributed by atoms with E-state index in [4.69, 9.17) is 0 Å². The van der Waals surface area contributed by atoms with E-state index in [1.165, 1.54) is 5.56 Å². The molecule has 0 aromatic heterocycles. The van der Waals surface area contributed by atoms with Crippen LogP contribution in [0.15, 0.2) is 48.5 Å². The average molecular weight is 308 g/mol. The van der Waals surface area contributed by atoms with Crippen LogP contribution < -0.4 is 0 Å². The second kappa shape index (κ2) is 5.70. The van der Waals surface area contributed by atoms with Gasteiger partial charge in [-0.05, 0) is 35.7 Å². The van der Waals surface area contributed by atoms with Crippen LogP contribution in [0, 0.1) is 0 Å². The molecular weight excluding hydrogens is 288 g/mol. The number of phenols is 1. The highest BCUT2D eigenvalue weighted by molar-refractivity contribution is 5.97. The van der Waals surface area contributed by atoms with Crippen molar-refractivity contribution in [2.24, 2.45) is 0 Å². The minimum absolute atomic E-state index is 0.107. The third-order valence-electron chi connectivity index (χ3n) is 4.85. The molecule has 0 bridgehead atoms. The lowest BCUT2D eigenvalue weighted by Crippen LogP contribution is -2.57. The second-order valence-electron chi connectivity index (χ2n) is 6.42. The first-order chi connectivity index (χ1) is 11.2. The lowest BCUT2D eigenvalue weighted by molar-refractivity contribution is 0.0401. The third-order valence-corrected chi connectivity index (χ3v) is 4.85. The Hall–Kier alpha value is -2.33. The number of amides is 1. The number of aromatic hydroxyl groups is 1. The number of phenolic OH excluding ortho intramolecular Hbond substituents is 1. The summed E-state index contributed by atoms with van der Waals surface area (Å²) < 4.78 is 0. The zero-order valence-electron chi connectivity index (χ0n) is 13.0. The third kappa shape index (κ3) is 2.70. The summed E-state index contributed by atoms with van der Waals surface area (Å²) in [5.41, 5.74) is 3.02. The number of hydrogen-bond donors (Lipinski definition) is 1. The van der Waals surface area contributed by atoms with E-state index in [2.05, 4.69) is 29.2 Å². The van der Waals surface area contributed by atoms with Crippen LogP contribution >= 0.6 is 0 Å². The first-order valence-electron chi connectivity index (χ1n) is 8.10. The lowest BCUT2D eigenvalue weighted by Gasteiger charge is -2.44. The molecule has 0 spiro atoms. The Balaban J connectivity index is 1.53. The topological polar surface area (TPSA) is 43.8 Å². The molecule has 1 atom stereocenters. The zero-order chi connectivity index (χ0) is 15.8. The number of rotatable bonds is 2. The van der Waals surface area contributed by atoms with Crippen molar-refractivity contribution in [1.29, 1.82) is 0 Å². The summed E-state index contributed by atoms with van der Waals surface area (Å²) in [5, 5.41) is 9.68. The van der Waals surface area contributed by atoms with Crippen molar-refractivity contribution in [3.05, 3.63) is 65.2 Å². The van der Waals surface area contributed by atoms with Crippen molar-refractivity contribution in [1.82, 2.24) is 9.80 Å². The molecule has 1 amide bonds. The molecule has 1 unspecified atom stereocenters. The van der Waals surface area contributed by atoms with Crippen molar-refractivity contribution < 1.29 is 9.90 Å². The van der Waals surface area contributed by atoms with Gasteiger partial charge >= 0.3 is 0 Å². The highest BCUT2D eigenvalue weighted by Crippen LogP contribution is 2.28. The van der Waals surface area contributed by atoms with E-state index in [1.54, 1.807) is 18.2 Å². The molecule has 4 nitrogen and oxygen atoms in total. The van der Waals surface area contributed by atoms with Gasteiger partial charge in [-0.1, -0.05) is 30.3 Å². The molecule has 1 fully saturated rings. The molecule has 2 heterocycles. The summed E-state index contributed by atoms with van der Waals surface area (Å²) >= 11 is 0. The van der Waals surface area contributed by atoms with E-state index in [1.807, 2.05) is 11.0 Å². The smallest absolute Gasteiger partial charge is 0.254 e. The summed E-state index contributed by atoms with van der Waals surface area (Å²) in [6.45, 7) is 3.49. The molecule has 23 heavy (non-hydrogen) atoms. The molecule has 118 valence electrons. The second-order valence-corrected chi connectivity index (χ2v) is 6.42. The van der Waals surface area contributed by atoms with Gasteiger partial charge in [0.25, 0.3) is 5.91 Å². The Labute approximate surface area is 136 Å². The Morgan fingerprint density at radius 2 is 1.91 bits per heavy atom. The largest absolute Gasteiger partial charge is 0.508 e. The maximum absolute atomic E-state index is 12.7. The van der Waals surface area contributed by atoms with Gasteiger partial charge < -0.3 is 10.0 Å². The highest BCUT2D eigenvalue weighted by Gasteiger charge is 2.36. The van der Waals surface area contributed by atoms with Crippen LogP contribution in [0.3, 0.4) is 0 Å². The predicted molar refractivity (Wildman–Crippen MR) is 88.4 cm³/mol. The van der Waals surface area contributed by atoms with E-state index in [0.717, 1.165) is 43.7 Å². The van der Waals surface area contributed by atoms with Gasteiger partial charge in [-0.15, -0.1) is 0 Å².